The van der Waals surface area contributed by atoms with Gasteiger partial charge < -0.3 is 9.84 Å². The second-order valence-corrected chi connectivity index (χ2v) is 3.83. The van der Waals surface area contributed by atoms with Crippen LogP contribution in [-0.4, -0.2) is 10.1 Å². The summed E-state index contributed by atoms with van der Waals surface area (Å²) < 4.78 is 6.44. The lowest BCUT2D eigenvalue weighted by Crippen LogP contribution is -1.86. The molecule has 15 heavy (non-hydrogen) atoms. The second kappa shape index (κ2) is 4.31. The van der Waals surface area contributed by atoms with Gasteiger partial charge in [-0.3, -0.25) is 0 Å². The largest absolute Gasteiger partial charge is 0.506 e. The van der Waals surface area contributed by atoms with Crippen molar-refractivity contribution in [2.24, 2.45) is 0 Å². The van der Waals surface area contributed by atoms with E-state index in [9.17, 15) is 0 Å². The number of hydrogen-bond donors (Lipinski definition) is 1. The highest BCUT2D eigenvalue weighted by Crippen LogP contribution is 2.22. The van der Waals surface area contributed by atoms with E-state index in [2.05, 4.69) is 20.9 Å². The van der Waals surface area contributed by atoms with Crippen LogP contribution in [0.5, 0.6) is 17.4 Å². The van der Waals surface area contributed by atoms with Gasteiger partial charge in [0.2, 0.25) is 5.88 Å². The maximum atomic E-state index is 9.03. The third kappa shape index (κ3) is 2.70. The summed E-state index contributed by atoms with van der Waals surface area (Å²) >= 11 is 3.34. The first-order valence-electron chi connectivity index (χ1n) is 4.32. The van der Waals surface area contributed by atoms with Crippen LogP contribution in [0.15, 0.2) is 47.1 Å². The second-order valence-electron chi connectivity index (χ2n) is 2.91. The van der Waals surface area contributed by atoms with Crippen LogP contribution in [0.4, 0.5) is 0 Å². The van der Waals surface area contributed by atoms with E-state index in [1.54, 1.807) is 6.07 Å². The zero-order valence-corrected chi connectivity index (χ0v) is 9.31. The number of benzene rings is 1. The van der Waals surface area contributed by atoms with Crippen LogP contribution in [0.2, 0.25) is 0 Å². The third-order valence-electron chi connectivity index (χ3n) is 1.76. The molecule has 0 aliphatic carbocycles. The minimum absolute atomic E-state index is 0.123. The zero-order chi connectivity index (χ0) is 10.7. The molecule has 1 aromatic heterocycles. The van der Waals surface area contributed by atoms with Crippen molar-refractivity contribution in [1.29, 1.82) is 0 Å². The maximum absolute atomic E-state index is 9.03. The Labute approximate surface area is 95.5 Å². The normalized spacial score (nSPS) is 9.93. The molecule has 1 N–H and O–H groups in total. The summed E-state index contributed by atoms with van der Waals surface area (Å²) in [5.41, 5.74) is 0. The van der Waals surface area contributed by atoms with Crippen molar-refractivity contribution in [2.75, 3.05) is 0 Å². The van der Waals surface area contributed by atoms with Crippen LogP contribution >= 0.6 is 15.9 Å². The third-order valence-corrected chi connectivity index (χ3v) is 2.29. The van der Waals surface area contributed by atoms with Crippen LogP contribution in [0.3, 0.4) is 0 Å². The number of hydrogen-bond acceptors (Lipinski definition) is 3. The molecular weight excluding hydrogens is 258 g/mol. The fourth-order valence-corrected chi connectivity index (χ4v) is 1.32. The molecule has 0 radical (unpaired) electrons. The van der Waals surface area contributed by atoms with Gasteiger partial charge >= 0.3 is 0 Å². The highest BCUT2D eigenvalue weighted by Gasteiger charge is 1.98. The highest BCUT2D eigenvalue weighted by atomic mass is 79.9. The predicted octanol–water partition coefficient (Wildman–Crippen LogP) is 3.34. The van der Waals surface area contributed by atoms with Crippen molar-refractivity contribution < 1.29 is 9.84 Å². The number of aromatic nitrogens is 1. The first-order valence-corrected chi connectivity index (χ1v) is 5.12. The Hall–Kier alpha value is -1.55. The lowest BCUT2D eigenvalue weighted by atomic mass is 10.3. The zero-order valence-electron chi connectivity index (χ0n) is 7.72. The lowest BCUT2D eigenvalue weighted by molar-refractivity contribution is 0.447. The van der Waals surface area contributed by atoms with E-state index in [0.717, 1.165) is 4.47 Å². The SMILES string of the molecule is Oc1ccc(Oc2ccc(Br)cc2)nc1. The van der Waals surface area contributed by atoms with Gasteiger partial charge in [0.1, 0.15) is 11.5 Å². The standard InChI is InChI=1S/C11H8BrNO2/c12-8-1-4-10(5-2-8)15-11-6-3-9(14)7-13-11/h1-7,14H. The van der Waals surface area contributed by atoms with Gasteiger partial charge in [-0.2, -0.15) is 0 Å². The molecular formula is C11H8BrNO2. The molecule has 0 atom stereocenters. The molecule has 2 aromatic rings. The van der Waals surface area contributed by atoms with Crippen LogP contribution in [0.25, 0.3) is 0 Å². The smallest absolute Gasteiger partial charge is 0.219 e. The van der Waals surface area contributed by atoms with E-state index >= 15 is 0 Å². The summed E-state index contributed by atoms with van der Waals surface area (Å²) in [5, 5.41) is 9.03. The molecule has 0 bridgehead atoms. The summed E-state index contributed by atoms with van der Waals surface area (Å²) in [6, 6.07) is 10.6. The van der Waals surface area contributed by atoms with Crippen LogP contribution in [-0.2, 0) is 0 Å². The predicted molar refractivity (Wildman–Crippen MR) is 60.1 cm³/mol. The Morgan fingerprint density at radius 1 is 1.07 bits per heavy atom. The number of halogens is 1. The topological polar surface area (TPSA) is 42.4 Å². The van der Waals surface area contributed by atoms with Gasteiger partial charge in [0.05, 0.1) is 6.20 Å². The number of aromatic hydroxyl groups is 1. The quantitative estimate of drug-likeness (QED) is 0.906. The molecule has 2 rings (SSSR count). The molecule has 1 aromatic carbocycles. The Bertz CT molecular complexity index is 396. The van der Waals surface area contributed by atoms with Crippen molar-refractivity contribution in [2.45, 2.75) is 0 Å². The summed E-state index contributed by atoms with van der Waals surface area (Å²) in [6.45, 7) is 0. The molecule has 0 aliphatic rings. The van der Waals surface area contributed by atoms with Gasteiger partial charge in [-0.15, -0.1) is 0 Å². The van der Waals surface area contributed by atoms with Gasteiger partial charge in [-0.05, 0) is 30.3 Å². The van der Waals surface area contributed by atoms with E-state index in [1.807, 2.05) is 24.3 Å². The molecule has 0 saturated heterocycles. The number of ether oxygens (including phenoxy) is 1. The summed E-state index contributed by atoms with van der Waals surface area (Å²) in [6.07, 6.45) is 1.34. The Balaban J connectivity index is 2.15. The van der Waals surface area contributed by atoms with E-state index < -0.39 is 0 Å². The molecule has 76 valence electrons. The first-order chi connectivity index (χ1) is 7.24. The van der Waals surface area contributed by atoms with Gasteiger partial charge in [-0.25, -0.2) is 4.98 Å². The fourth-order valence-electron chi connectivity index (χ4n) is 1.06. The average Bonchev–Trinajstić information content (AvgIpc) is 2.25. The van der Waals surface area contributed by atoms with E-state index in [0.29, 0.717) is 11.6 Å². The van der Waals surface area contributed by atoms with E-state index in [-0.39, 0.29) is 5.75 Å². The summed E-state index contributed by atoms with van der Waals surface area (Å²) in [5.74, 6) is 1.28. The van der Waals surface area contributed by atoms with Gasteiger partial charge in [0.25, 0.3) is 0 Å². The Morgan fingerprint density at radius 3 is 2.40 bits per heavy atom. The number of nitrogens with zero attached hydrogens (tertiary/aromatic N) is 1. The van der Waals surface area contributed by atoms with Crippen molar-refractivity contribution in [3.8, 4) is 17.4 Å². The van der Waals surface area contributed by atoms with Crippen LogP contribution < -0.4 is 4.74 Å². The van der Waals surface area contributed by atoms with Crippen molar-refractivity contribution in [3.05, 3.63) is 47.1 Å². The minimum atomic E-state index is 0.123. The number of rotatable bonds is 2. The summed E-state index contributed by atoms with van der Waals surface area (Å²) in [7, 11) is 0. The maximum Gasteiger partial charge on any atom is 0.219 e. The molecule has 0 fully saturated rings. The molecule has 4 heteroatoms. The Morgan fingerprint density at radius 2 is 1.80 bits per heavy atom. The van der Waals surface area contributed by atoms with E-state index in [4.69, 9.17) is 9.84 Å². The fraction of sp³-hybridized carbons (Fsp3) is 0. The average molecular weight is 266 g/mol. The van der Waals surface area contributed by atoms with Gasteiger partial charge in [0, 0.05) is 10.5 Å². The molecule has 1 heterocycles. The molecule has 3 nitrogen and oxygen atoms in total. The monoisotopic (exact) mass is 265 g/mol. The summed E-state index contributed by atoms with van der Waals surface area (Å²) in [4.78, 5) is 3.91. The van der Waals surface area contributed by atoms with Crippen LogP contribution in [0.1, 0.15) is 0 Å². The first kappa shape index (κ1) is 9.98. The molecule has 0 saturated carbocycles. The van der Waals surface area contributed by atoms with Gasteiger partial charge in [0.15, 0.2) is 0 Å². The molecule has 0 unspecified atom stereocenters. The van der Waals surface area contributed by atoms with Crippen molar-refractivity contribution in [3.63, 3.8) is 0 Å². The van der Waals surface area contributed by atoms with E-state index in [1.165, 1.54) is 12.3 Å². The molecule has 0 aliphatic heterocycles. The van der Waals surface area contributed by atoms with Crippen molar-refractivity contribution >= 4 is 15.9 Å². The lowest BCUT2D eigenvalue weighted by Gasteiger charge is -2.03. The molecule has 0 amide bonds. The number of pyridine rings is 1. The Kier molecular flexibility index (Phi) is 2.87. The van der Waals surface area contributed by atoms with Gasteiger partial charge in [-0.1, -0.05) is 15.9 Å². The highest BCUT2D eigenvalue weighted by molar-refractivity contribution is 9.10. The molecule has 0 spiro atoms. The minimum Gasteiger partial charge on any atom is -0.506 e. The van der Waals surface area contributed by atoms with Crippen molar-refractivity contribution in [1.82, 2.24) is 4.98 Å². The van der Waals surface area contributed by atoms with Crippen LogP contribution in [0, 0.1) is 0 Å².